The van der Waals surface area contributed by atoms with E-state index in [1.165, 1.54) is 0 Å². The quantitative estimate of drug-likeness (QED) is 0.908. The van der Waals surface area contributed by atoms with Gasteiger partial charge in [-0.2, -0.15) is 5.10 Å². The van der Waals surface area contributed by atoms with Crippen molar-refractivity contribution in [1.29, 1.82) is 0 Å². The van der Waals surface area contributed by atoms with Gasteiger partial charge in [-0.15, -0.1) is 0 Å². The minimum Gasteiger partial charge on any atom is -0.496 e. The zero-order chi connectivity index (χ0) is 13.8. The fraction of sp³-hybridized carbons (Fsp3) is 0.467. The van der Waals surface area contributed by atoms with Crippen molar-refractivity contribution in [1.82, 2.24) is 19.9 Å². The molecule has 0 saturated heterocycles. The molecule has 5 heteroatoms. The summed E-state index contributed by atoms with van der Waals surface area (Å²) in [6.07, 6.45) is 12.8. The van der Waals surface area contributed by atoms with Gasteiger partial charge in [-0.3, -0.25) is 4.98 Å². The fourth-order valence-corrected chi connectivity index (χ4v) is 2.51. The van der Waals surface area contributed by atoms with Crippen LogP contribution in [0.15, 0.2) is 36.6 Å². The van der Waals surface area contributed by atoms with E-state index in [1.54, 1.807) is 6.20 Å². The molecule has 3 rings (SSSR count). The van der Waals surface area contributed by atoms with E-state index in [4.69, 9.17) is 4.74 Å². The molecule has 0 aliphatic carbocycles. The van der Waals surface area contributed by atoms with Crippen LogP contribution in [0.2, 0.25) is 0 Å². The molecule has 20 heavy (non-hydrogen) atoms. The number of hydrogen-bond acceptors (Lipinski definition) is 4. The Morgan fingerprint density at radius 2 is 2.40 bits per heavy atom. The Kier molecular flexibility index (Phi) is 3.97. The van der Waals surface area contributed by atoms with E-state index in [2.05, 4.69) is 28.4 Å². The molecule has 0 fully saturated rings. The van der Waals surface area contributed by atoms with Crippen LogP contribution in [0.25, 0.3) is 5.52 Å². The van der Waals surface area contributed by atoms with Crippen molar-refractivity contribution >= 4 is 5.52 Å². The van der Waals surface area contributed by atoms with Crippen LogP contribution in [0.3, 0.4) is 0 Å². The normalized spacial score (nSPS) is 16.8. The molecule has 5 nitrogen and oxygen atoms in total. The minimum absolute atomic E-state index is 0.0666. The molecule has 106 valence electrons. The van der Waals surface area contributed by atoms with Crippen LogP contribution >= 0.6 is 0 Å². The zero-order valence-corrected chi connectivity index (χ0v) is 11.7. The maximum absolute atomic E-state index is 5.85. The summed E-state index contributed by atoms with van der Waals surface area (Å²) in [5, 5.41) is 7.96. The van der Waals surface area contributed by atoms with E-state index in [-0.39, 0.29) is 6.04 Å². The molecule has 1 atom stereocenters. The third-order valence-corrected chi connectivity index (χ3v) is 3.51. The molecule has 0 amide bonds. The second kappa shape index (κ2) is 6.05. The Morgan fingerprint density at radius 3 is 3.20 bits per heavy atom. The first-order chi connectivity index (χ1) is 9.90. The molecular weight excluding hydrogens is 252 g/mol. The van der Waals surface area contributed by atoms with Crippen molar-refractivity contribution in [2.75, 3.05) is 13.2 Å². The lowest BCUT2D eigenvalue weighted by Gasteiger charge is -2.24. The van der Waals surface area contributed by atoms with E-state index >= 15 is 0 Å². The van der Waals surface area contributed by atoms with Crippen molar-refractivity contribution in [3.63, 3.8) is 0 Å². The van der Waals surface area contributed by atoms with Gasteiger partial charge in [0.15, 0.2) is 0 Å². The molecule has 1 unspecified atom stereocenters. The summed E-state index contributed by atoms with van der Waals surface area (Å²) in [6.45, 7) is 3.91. The van der Waals surface area contributed by atoms with Crippen LogP contribution in [-0.4, -0.2) is 27.7 Å². The standard InChI is InChI=1S/C15H20N4O/c1-2-6-17-15(14-5-3-4-9-20-14)12-10-18-19-8-7-16-11-13(12)19/h5,7-8,10-11,15,17H,2-4,6,9H2,1H3. The van der Waals surface area contributed by atoms with Crippen LogP contribution < -0.4 is 5.32 Å². The SMILES string of the molecule is CCCNC(C1=CCCCO1)c1cnn2ccncc12. The van der Waals surface area contributed by atoms with Gasteiger partial charge in [-0.1, -0.05) is 6.92 Å². The number of ether oxygens (including phenoxy) is 1. The Labute approximate surface area is 118 Å². The highest BCUT2D eigenvalue weighted by molar-refractivity contribution is 5.54. The molecule has 0 radical (unpaired) electrons. The van der Waals surface area contributed by atoms with Crippen molar-refractivity contribution in [3.05, 3.63) is 42.2 Å². The topological polar surface area (TPSA) is 51.5 Å². The highest BCUT2D eigenvalue weighted by atomic mass is 16.5. The first kappa shape index (κ1) is 13.1. The third kappa shape index (κ3) is 2.54. The predicted molar refractivity (Wildman–Crippen MR) is 77.3 cm³/mol. The summed E-state index contributed by atoms with van der Waals surface area (Å²) < 4.78 is 7.70. The average molecular weight is 272 g/mol. The maximum atomic E-state index is 5.85. The molecule has 3 heterocycles. The van der Waals surface area contributed by atoms with Crippen LogP contribution in [0.4, 0.5) is 0 Å². The first-order valence-electron chi connectivity index (χ1n) is 7.23. The van der Waals surface area contributed by atoms with Crippen LogP contribution in [0.5, 0.6) is 0 Å². The predicted octanol–water partition coefficient (Wildman–Crippen LogP) is 2.46. The van der Waals surface area contributed by atoms with Crippen LogP contribution in [-0.2, 0) is 4.74 Å². The third-order valence-electron chi connectivity index (χ3n) is 3.51. The number of aromatic nitrogens is 3. The van der Waals surface area contributed by atoms with Crippen molar-refractivity contribution < 1.29 is 4.74 Å². The minimum atomic E-state index is 0.0666. The molecule has 0 aromatic carbocycles. The number of rotatable bonds is 5. The number of nitrogens with one attached hydrogen (secondary N) is 1. The summed E-state index contributed by atoms with van der Waals surface area (Å²) in [6, 6.07) is 0.0666. The Balaban J connectivity index is 1.97. The van der Waals surface area contributed by atoms with E-state index in [0.717, 1.165) is 49.3 Å². The van der Waals surface area contributed by atoms with Gasteiger partial charge < -0.3 is 10.1 Å². The monoisotopic (exact) mass is 272 g/mol. The average Bonchev–Trinajstić information content (AvgIpc) is 2.93. The number of hydrogen-bond donors (Lipinski definition) is 1. The molecule has 0 spiro atoms. The van der Waals surface area contributed by atoms with E-state index in [9.17, 15) is 0 Å². The fourth-order valence-electron chi connectivity index (χ4n) is 2.51. The zero-order valence-electron chi connectivity index (χ0n) is 11.7. The summed E-state index contributed by atoms with van der Waals surface area (Å²) in [4.78, 5) is 4.20. The molecule has 0 saturated carbocycles. The summed E-state index contributed by atoms with van der Waals surface area (Å²) in [7, 11) is 0. The van der Waals surface area contributed by atoms with Crippen LogP contribution in [0.1, 0.15) is 37.8 Å². The second-order valence-corrected chi connectivity index (χ2v) is 4.99. The second-order valence-electron chi connectivity index (χ2n) is 4.99. The van der Waals surface area contributed by atoms with Crippen molar-refractivity contribution in [2.24, 2.45) is 0 Å². The van der Waals surface area contributed by atoms with Gasteiger partial charge >= 0.3 is 0 Å². The smallest absolute Gasteiger partial charge is 0.114 e. The highest BCUT2D eigenvalue weighted by Crippen LogP contribution is 2.28. The Bertz CT molecular complexity index is 605. The Morgan fingerprint density at radius 1 is 1.45 bits per heavy atom. The highest BCUT2D eigenvalue weighted by Gasteiger charge is 2.22. The molecule has 1 aliphatic heterocycles. The van der Waals surface area contributed by atoms with Crippen LogP contribution in [0, 0.1) is 0 Å². The lowest BCUT2D eigenvalue weighted by Crippen LogP contribution is -2.26. The van der Waals surface area contributed by atoms with Gasteiger partial charge in [0.2, 0.25) is 0 Å². The van der Waals surface area contributed by atoms with E-state index in [0.29, 0.717) is 0 Å². The molecule has 1 aliphatic rings. The molecule has 2 aromatic heterocycles. The summed E-state index contributed by atoms with van der Waals surface area (Å²) >= 11 is 0. The summed E-state index contributed by atoms with van der Waals surface area (Å²) in [5.74, 6) is 1.02. The van der Waals surface area contributed by atoms with Gasteiger partial charge in [-0.05, 0) is 31.9 Å². The first-order valence-corrected chi connectivity index (χ1v) is 7.23. The molecular formula is C15H20N4O. The van der Waals surface area contributed by atoms with E-state index < -0.39 is 0 Å². The lowest BCUT2D eigenvalue weighted by atomic mass is 10.0. The van der Waals surface area contributed by atoms with Crippen molar-refractivity contribution in [2.45, 2.75) is 32.2 Å². The summed E-state index contributed by atoms with van der Waals surface area (Å²) in [5.41, 5.74) is 2.15. The maximum Gasteiger partial charge on any atom is 0.114 e. The van der Waals surface area contributed by atoms with Gasteiger partial charge in [0.05, 0.1) is 30.6 Å². The van der Waals surface area contributed by atoms with Gasteiger partial charge in [0.1, 0.15) is 5.76 Å². The lowest BCUT2D eigenvalue weighted by molar-refractivity contribution is 0.168. The van der Waals surface area contributed by atoms with E-state index in [1.807, 2.05) is 23.1 Å². The van der Waals surface area contributed by atoms with Gasteiger partial charge in [-0.25, -0.2) is 4.52 Å². The Hall–Kier alpha value is -1.88. The number of nitrogens with zero attached hydrogens (tertiary/aromatic N) is 3. The molecule has 1 N–H and O–H groups in total. The number of allylic oxidation sites excluding steroid dienone is 1. The number of fused-ring (bicyclic) bond motifs is 1. The van der Waals surface area contributed by atoms with Crippen molar-refractivity contribution in [3.8, 4) is 0 Å². The van der Waals surface area contributed by atoms with Gasteiger partial charge in [0, 0.05) is 18.0 Å². The van der Waals surface area contributed by atoms with Gasteiger partial charge in [0.25, 0.3) is 0 Å². The molecule has 2 aromatic rings. The molecule has 0 bridgehead atoms. The largest absolute Gasteiger partial charge is 0.496 e.